The fourth-order valence-electron chi connectivity index (χ4n) is 1.66. The smallest absolute Gasteiger partial charge is 0.325 e. The molecule has 1 fully saturated rings. The first kappa shape index (κ1) is 14.4. The van der Waals surface area contributed by atoms with Crippen LogP contribution in [0, 0.1) is 0 Å². The second kappa shape index (κ2) is 6.34. The summed E-state index contributed by atoms with van der Waals surface area (Å²) in [7, 11) is 1.28. The van der Waals surface area contributed by atoms with Gasteiger partial charge >= 0.3 is 5.97 Å². The molecule has 0 radical (unpaired) electrons. The average Bonchev–Trinajstić information content (AvgIpc) is 2.35. The Labute approximate surface area is 106 Å². The molecule has 1 atom stereocenters. The van der Waals surface area contributed by atoms with Gasteiger partial charge in [0.05, 0.1) is 13.7 Å². The van der Waals surface area contributed by atoms with Crippen LogP contribution in [0.3, 0.4) is 0 Å². The Morgan fingerprint density at radius 1 is 1.50 bits per heavy atom. The number of rotatable bonds is 4. The first-order valence-corrected chi connectivity index (χ1v) is 5.83. The predicted molar refractivity (Wildman–Crippen MR) is 63.7 cm³/mol. The van der Waals surface area contributed by atoms with Crippen LogP contribution < -0.4 is 10.6 Å². The molecular weight excluding hydrogens is 238 g/mol. The number of nitrogens with zero attached hydrogens (tertiary/aromatic N) is 1. The highest BCUT2D eigenvalue weighted by Crippen LogP contribution is 2.04. The van der Waals surface area contributed by atoms with Gasteiger partial charge in [-0.3, -0.25) is 19.7 Å². The number of carbonyl (C=O) groups excluding carboxylic acids is 3. The van der Waals surface area contributed by atoms with Crippen LogP contribution in [0.2, 0.25) is 0 Å². The van der Waals surface area contributed by atoms with E-state index in [9.17, 15) is 14.4 Å². The van der Waals surface area contributed by atoms with Crippen LogP contribution in [0.4, 0.5) is 0 Å². The maximum atomic E-state index is 12.2. The molecule has 1 rings (SSSR count). The summed E-state index contributed by atoms with van der Waals surface area (Å²) in [6, 6.07) is -0.606. The Morgan fingerprint density at radius 3 is 2.61 bits per heavy atom. The third-order valence-corrected chi connectivity index (χ3v) is 2.74. The maximum Gasteiger partial charge on any atom is 0.325 e. The van der Waals surface area contributed by atoms with Gasteiger partial charge in [0.15, 0.2) is 0 Å². The van der Waals surface area contributed by atoms with Crippen molar-refractivity contribution in [1.29, 1.82) is 0 Å². The predicted octanol–water partition coefficient (Wildman–Crippen LogP) is -1.52. The van der Waals surface area contributed by atoms with E-state index in [0.717, 1.165) is 0 Å². The summed E-state index contributed by atoms with van der Waals surface area (Å²) in [5, 5.41) is 5.45. The molecule has 1 aliphatic heterocycles. The second-order valence-corrected chi connectivity index (χ2v) is 4.37. The van der Waals surface area contributed by atoms with Crippen molar-refractivity contribution >= 4 is 17.8 Å². The number of amides is 2. The molecule has 102 valence electrons. The molecule has 7 heteroatoms. The highest BCUT2D eigenvalue weighted by Gasteiger charge is 2.30. The quantitative estimate of drug-likeness (QED) is 0.597. The number of hydrogen-bond donors (Lipinski definition) is 2. The summed E-state index contributed by atoms with van der Waals surface area (Å²) in [5.41, 5.74) is 0. The molecule has 2 amide bonds. The van der Waals surface area contributed by atoms with E-state index in [0.29, 0.717) is 0 Å². The van der Waals surface area contributed by atoms with Gasteiger partial charge in [-0.1, -0.05) is 0 Å². The summed E-state index contributed by atoms with van der Waals surface area (Å²) in [4.78, 5) is 35.9. The minimum Gasteiger partial charge on any atom is -0.468 e. The first-order chi connectivity index (χ1) is 8.45. The number of esters is 1. The van der Waals surface area contributed by atoms with E-state index in [4.69, 9.17) is 0 Å². The number of nitrogens with one attached hydrogen (secondary N) is 2. The van der Waals surface area contributed by atoms with Crippen molar-refractivity contribution < 1.29 is 19.1 Å². The molecule has 0 aromatic carbocycles. The lowest BCUT2D eigenvalue weighted by molar-refractivity contribution is -0.149. The van der Waals surface area contributed by atoms with Gasteiger partial charge in [0.25, 0.3) is 0 Å². The number of methoxy groups -OCH3 is 1. The molecule has 0 aromatic heterocycles. The Balaban J connectivity index is 2.64. The summed E-state index contributed by atoms with van der Waals surface area (Å²) < 4.78 is 4.56. The lowest BCUT2D eigenvalue weighted by Gasteiger charge is -2.31. The normalized spacial score (nSPS) is 19.3. The van der Waals surface area contributed by atoms with E-state index in [2.05, 4.69) is 15.4 Å². The Kier molecular flexibility index (Phi) is 5.08. The van der Waals surface area contributed by atoms with Crippen LogP contribution in [0.15, 0.2) is 0 Å². The van der Waals surface area contributed by atoms with Crippen molar-refractivity contribution in [1.82, 2.24) is 15.5 Å². The number of ether oxygens (including phenoxy) is 1. The molecule has 0 bridgehead atoms. The lowest BCUT2D eigenvalue weighted by atomic mass is 10.1. The Morgan fingerprint density at radius 2 is 2.17 bits per heavy atom. The van der Waals surface area contributed by atoms with E-state index < -0.39 is 12.0 Å². The van der Waals surface area contributed by atoms with Gasteiger partial charge in [0, 0.05) is 12.6 Å². The van der Waals surface area contributed by atoms with Gasteiger partial charge in [-0.15, -0.1) is 0 Å². The fourth-order valence-corrected chi connectivity index (χ4v) is 1.66. The zero-order valence-corrected chi connectivity index (χ0v) is 10.9. The Bertz CT molecular complexity index is 333. The zero-order chi connectivity index (χ0) is 13.7. The first-order valence-electron chi connectivity index (χ1n) is 5.83. The molecule has 1 aliphatic rings. The molecule has 0 aliphatic carbocycles. The van der Waals surface area contributed by atoms with Gasteiger partial charge in [-0.25, -0.2) is 0 Å². The van der Waals surface area contributed by atoms with Crippen LogP contribution in [0.1, 0.15) is 13.8 Å². The molecule has 1 unspecified atom stereocenters. The molecule has 18 heavy (non-hydrogen) atoms. The minimum absolute atomic E-state index is 0.0842. The topological polar surface area (TPSA) is 87.7 Å². The molecular formula is C11H19N3O4. The van der Waals surface area contributed by atoms with E-state index in [-0.39, 0.29) is 37.5 Å². The summed E-state index contributed by atoms with van der Waals surface area (Å²) in [6.45, 7) is 3.91. The highest BCUT2D eigenvalue weighted by atomic mass is 16.5. The van der Waals surface area contributed by atoms with Crippen LogP contribution >= 0.6 is 0 Å². The van der Waals surface area contributed by atoms with Gasteiger partial charge < -0.3 is 15.0 Å². The lowest BCUT2D eigenvalue weighted by Crippen LogP contribution is -2.60. The SMILES string of the molecule is COC(=O)CN(C(=O)C1CNC(=O)CN1)C(C)C. The standard InChI is InChI=1S/C11H19N3O4/c1-7(2)14(6-10(16)18-3)11(17)8-4-13-9(15)5-12-8/h7-8,12H,4-6H2,1-3H3,(H,13,15). The Hall–Kier alpha value is -1.63. The molecule has 7 nitrogen and oxygen atoms in total. The zero-order valence-electron chi connectivity index (χ0n) is 10.9. The van der Waals surface area contributed by atoms with Crippen LogP contribution in [0.25, 0.3) is 0 Å². The summed E-state index contributed by atoms with van der Waals surface area (Å²) in [6.07, 6.45) is 0. The largest absolute Gasteiger partial charge is 0.468 e. The van der Waals surface area contributed by atoms with Crippen molar-refractivity contribution in [3.8, 4) is 0 Å². The van der Waals surface area contributed by atoms with Crippen molar-refractivity contribution in [2.24, 2.45) is 0 Å². The third-order valence-electron chi connectivity index (χ3n) is 2.74. The van der Waals surface area contributed by atoms with E-state index in [1.807, 2.05) is 13.8 Å². The summed E-state index contributed by atoms with van der Waals surface area (Å²) >= 11 is 0. The van der Waals surface area contributed by atoms with E-state index >= 15 is 0 Å². The highest BCUT2D eigenvalue weighted by molar-refractivity contribution is 5.89. The fraction of sp³-hybridized carbons (Fsp3) is 0.727. The summed E-state index contributed by atoms with van der Waals surface area (Å²) in [5.74, 6) is -0.810. The number of piperazine rings is 1. The maximum absolute atomic E-state index is 12.2. The van der Waals surface area contributed by atoms with Crippen LogP contribution in [-0.2, 0) is 19.1 Å². The third kappa shape index (κ3) is 3.69. The van der Waals surface area contributed by atoms with Gasteiger partial charge in [-0.05, 0) is 13.8 Å². The van der Waals surface area contributed by atoms with Crippen molar-refractivity contribution in [3.05, 3.63) is 0 Å². The van der Waals surface area contributed by atoms with Gasteiger partial charge in [0.2, 0.25) is 11.8 Å². The monoisotopic (exact) mass is 257 g/mol. The van der Waals surface area contributed by atoms with Crippen LogP contribution in [0.5, 0.6) is 0 Å². The molecule has 0 saturated carbocycles. The molecule has 0 spiro atoms. The average molecular weight is 257 g/mol. The van der Waals surface area contributed by atoms with Crippen molar-refractivity contribution in [2.75, 3.05) is 26.7 Å². The second-order valence-electron chi connectivity index (χ2n) is 4.37. The number of hydrogen-bond acceptors (Lipinski definition) is 5. The molecule has 1 saturated heterocycles. The minimum atomic E-state index is -0.491. The van der Waals surface area contributed by atoms with Gasteiger partial charge in [0.1, 0.15) is 12.6 Å². The molecule has 2 N–H and O–H groups in total. The van der Waals surface area contributed by atoms with Crippen molar-refractivity contribution in [3.63, 3.8) is 0 Å². The van der Waals surface area contributed by atoms with Gasteiger partial charge in [-0.2, -0.15) is 0 Å². The molecule has 0 aromatic rings. The number of carbonyl (C=O) groups is 3. The van der Waals surface area contributed by atoms with Crippen LogP contribution in [-0.4, -0.2) is 61.5 Å². The van der Waals surface area contributed by atoms with E-state index in [1.54, 1.807) is 0 Å². The van der Waals surface area contributed by atoms with E-state index in [1.165, 1.54) is 12.0 Å². The molecule has 1 heterocycles. The van der Waals surface area contributed by atoms with Crippen molar-refractivity contribution in [2.45, 2.75) is 25.9 Å².